The van der Waals surface area contributed by atoms with Crippen molar-refractivity contribution >= 4 is 47.4 Å². The van der Waals surface area contributed by atoms with Crippen molar-refractivity contribution in [1.29, 1.82) is 0 Å². The third-order valence-corrected chi connectivity index (χ3v) is 5.42. The summed E-state index contributed by atoms with van der Waals surface area (Å²) in [4.78, 5) is 33.7. The van der Waals surface area contributed by atoms with Crippen LogP contribution in [0.25, 0.3) is 0 Å². The Hall–Kier alpha value is -2.05. The van der Waals surface area contributed by atoms with Crippen LogP contribution in [0.4, 0.5) is 18.9 Å². The van der Waals surface area contributed by atoms with E-state index in [0.717, 1.165) is 6.07 Å². The first-order valence-electron chi connectivity index (χ1n) is 10.6. The Balaban J connectivity index is 0.00000363. The monoisotopic (exact) mass is 567 g/mol. The lowest BCUT2D eigenvalue weighted by Crippen LogP contribution is -2.52. The molecule has 0 spiro atoms. The zero-order chi connectivity index (χ0) is 22.4. The quantitative estimate of drug-likeness (QED) is 0.257. The molecular formula is C21H29F3IN5O2. The molecule has 178 valence electrons. The van der Waals surface area contributed by atoms with E-state index in [1.165, 1.54) is 17.0 Å². The number of alkyl halides is 3. The SMILES string of the molecule is CCNC(=NCCN1C(=O)CCCC1=O)N1CCN(c2cccc(C(F)(F)F)c2)CC1.I. The number of imide groups is 1. The predicted molar refractivity (Wildman–Crippen MR) is 127 cm³/mol. The number of hydrogen-bond donors (Lipinski definition) is 1. The predicted octanol–water partition coefficient (Wildman–Crippen LogP) is 2.95. The van der Waals surface area contributed by atoms with Gasteiger partial charge in [0.25, 0.3) is 0 Å². The summed E-state index contributed by atoms with van der Waals surface area (Å²) in [5, 5.41) is 3.22. The van der Waals surface area contributed by atoms with E-state index in [9.17, 15) is 22.8 Å². The molecule has 1 aromatic rings. The molecule has 32 heavy (non-hydrogen) atoms. The summed E-state index contributed by atoms with van der Waals surface area (Å²) >= 11 is 0. The number of piperidine rings is 1. The first-order chi connectivity index (χ1) is 14.8. The lowest BCUT2D eigenvalue weighted by atomic mass is 10.1. The molecule has 2 fully saturated rings. The number of nitrogens with one attached hydrogen (secondary N) is 1. The van der Waals surface area contributed by atoms with Crippen LogP contribution in [0.2, 0.25) is 0 Å². The van der Waals surface area contributed by atoms with Crippen LogP contribution in [0.3, 0.4) is 0 Å². The van der Waals surface area contributed by atoms with E-state index in [0.29, 0.717) is 70.2 Å². The molecule has 1 N–H and O–H groups in total. The second kappa shape index (κ2) is 11.7. The Morgan fingerprint density at radius 2 is 1.75 bits per heavy atom. The number of carbonyl (C=O) groups excluding carboxylic acids is 2. The van der Waals surface area contributed by atoms with Gasteiger partial charge in [0.2, 0.25) is 11.8 Å². The summed E-state index contributed by atoms with van der Waals surface area (Å²) in [5.41, 5.74) is -0.0947. The molecule has 3 rings (SSSR count). The molecule has 0 aromatic heterocycles. The number of anilines is 1. The van der Waals surface area contributed by atoms with Gasteiger partial charge in [-0.15, -0.1) is 24.0 Å². The Kier molecular flexibility index (Phi) is 9.59. The van der Waals surface area contributed by atoms with Gasteiger partial charge in [-0.25, -0.2) is 0 Å². The number of halogens is 4. The van der Waals surface area contributed by atoms with Crippen LogP contribution in [0.1, 0.15) is 31.7 Å². The van der Waals surface area contributed by atoms with Crippen molar-refractivity contribution < 1.29 is 22.8 Å². The minimum absolute atomic E-state index is 0. The molecule has 2 aliphatic rings. The third-order valence-electron chi connectivity index (χ3n) is 5.42. The van der Waals surface area contributed by atoms with Gasteiger partial charge in [0.15, 0.2) is 5.96 Å². The number of piperazine rings is 1. The highest BCUT2D eigenvalue weighted by Crippen LogP contribution is 2.31. The molecule has 0 aliphatic carbocycles. The van der Waals surface area contributed by atoms with E-state index in [-0.39, 0.29) is 42.3 Å². The van der Waals surface area contributed by atoms with Crippen molar-refractivity contribution in [3.63, 3.8) is 0 Å². The Bertz CT molecular complexity index is 810. The van der Waals surface area contributed by atoms with E-state index in [1.54, 1.807) is 6.07 Å². The highest BCUT2D eigenvalue weighted by Gasteiger charge is 2.31. The van der Waals surface area contributed by atoms with Crippen molar-refractivity contribution in [3.05, 3.63) is 29.8 Å². The second-order valence-corrected chi connectivity index (χ2v) is 7.55. The van der Waals surface area contributed by atoms with Crippen LogP contribution in [0, 0.1) is 0 Å². The lowest BCUT2D eigenvalue weighted by Gasteiger charge is -2.38. The van der Waals surface area contributed by atoms with E-state index in [4.69, 9.17) is 0 Å². The van der Waals surface area contributed by atoms with E-state index < -0.39 is 11.7 Å². The minimum Gasteiger partial charge on any atom is -0.368 e. The number of rotatable bonds is 5. The molecule has 2 amide bonds. The van der Waals surface area contributed by atoms with Crippen LogP contribution >= 0.6 is 24.0 Å². The van der Waals surface area contributed by atoms with Crippen LogP contribution in [0.15, 0.2) is 29.3 Å². The van der Waals surface area contributed by atoms with Gasteiger partial charge in [0.1, 0.15) is 0 Å². The Labute approximate surface area is 203 Å². The number of carbonyl (C=O) groups is 2. The first kappa shape index (κ1) is 26.2. The van der Waals surface area contributed by atoms with Crippen molar-refractivity contribution in [2.75, 3.05) is 50.7 Å². The summed E-state index contributed by atoms with van der Waals surface area (Å²) in [6.45, 7) is 5.52. The van der Waals surface area contributed by atoms with Gasteiger partial charge in [-0.05, 0) is 31.5 Å². The van der Waals surface area contributed by atoms with Crippen molar-refractivity contribution in [3.8, 4) is 0 Å². The van der Waals surface area contributed by atoms with Crippen molar-refractivity contribution in [2.45, 2.75) is 32.4 Å². The average molecular weight is 567 g/mol. The highest BCUT2D eigenvalue weighted by atomic mass is 127. The Morgan fingerprint density at radius 1 is 1.09 bits per heavy atom. The van der Waals surface area contributed by atoms with E-state index in [2.05, 4.69) is 10.3 Å². The summed E-state index contributed by atoms with van der Waals surface area (Å²) in [6.07, 6.45) is -2.96. The summed E-state index contributed by atoms with van der Waals surface area (Å²) in [5.74, 6) is 0.389. The smallest absolute Gasteiger partial charge is 0.368 e. The maximum absolute atomic E-state index is 13.0. The number of amides is 2. The van der Waals surface area contributed by atoms with Gasteiger partial charge < -0.3 is 15.1 Å². The normalized spacial score (nSPS) is 18.0. The molecule has 2 saturated heterocycles. The number of hydrogen-bond acceptors (Lipinski definition) is 4. The maximum Gasteiger partial charge on any atom is 0.416 e. The van der Waals surface area contributed by atoms with Crippen molar-refractivity contribution in [2.24, 2.45) is 4.99 Å². The fourth-order valence-electron chi connectivity index (χ4n) is 3.79. The number of likely N-dealkylation sites (tertiary alicyclic amines) is 1. The number of guanidine groups is 1. The van der Waals surface area contributed by atoms with Gasteiger partial charge in [-0.2, -0.15) is 13.2 Å². The largest absolute Gasteiger partial charge is 0.416 e. The van der Waals surface area contributed by atoms with Crippen LogP contribution in [-0.2, 0) is 15.8 Å². The molecule has 0 saturated carbocycles. The van der Waals surface area contributed by atoms with Crippen LogP contribution < -0.4 is 10.2 Å². The second-order valence-electron chi connectivity index (χ2n) is 7.55. The molecule has 0 atom stereocenters. The molecular weight excluding hydrogens is 538 g/mol. The highest BCUT2D eigenvalue weighted by molar-refractivity contribution is 14.0. The number of nitrogens with zero attached hydrogens (tertiary/aromatic N) is 4. The molecule has 0 radical (unpaired) electrons. The molecule has 2 heterocycles. The average Bonchev–Trinajstić information content (AvgIpc) is 2.75. The topological polar surface area (TPSA) is 68.2 Å². The van der Waals surface area contributed by atoms with E-state index in [1.807, 2.05) is 16.7 Å². The van der Waals surface area contributed by atoms with Gasteiger partial charge in [0.05, 0.1) is 12.1 Å². The van der Waals surface area contributed by atoms with Crippen LogP contribution in [-0.4, -0.2) is 73.4 Å². The molecule has 2 aliphatic heterocycles. The summed E-state index contributed by atoms with van der Waals surface area (Å²) < 4.78 is 39.0. The standard InChI is InChI=1S/C21H28F3N5O2.HI/c1-2-25-20(26-9-10-29-18(30)7-4-8-19(29)31)28-13-11-27(12-14-28)17-6-3-5-16(15-17)21(22,23)24;/h3,5-6,15H,2,4,7-14H2,1H3,(H,25,26);1H. The molecule has 0 bridgehead atoms. The van der Waals surface area contributed by atoms with Gasteiger partial charge in [0, 0.05) is 57.8 Å². The summed E-state index contributed by atoms with van der Waals surface area (Å²) in [7, 11) is 0. The zero-order valence-corrected chi connectivity index (χ0v) is 20.4. The van der Waals surface area contributed by atoms with E-state index >= 15 is 0 Å². The third kappa shape index (κ3) is 6.72. The van der Waals surface area contributed by atoms with Crippen LogP contribution in [0.5, 0.6) is 0 Å². The fraction of sp³-hybridized carbons (Fsp3) is 0.571. The minimum atomic E-state index is -4.36. The number of aliphatic imine (C=N–C) groups is 1. The molecule has 7 nitrogen and oxygen atoms in total. The maximum atomic E-state index is 13.0. The van der Waals surface area contributed by atoms with Gasteiger partial charge in [-0.3, -0.25) is 19.5 Å². The zero-order valence-electron chi connectivity index (χ0n) is 18.0. The molecule has 1 aromatic carbocycles. The lowest BCUT2D eigenvalue weighted by molar-refractivity contribution is -0.147. The van der Waals surface area contributed by atoms with Crippen molar-refractivity contribution in [1.82, 2.24) is 15.1 Å². The molecule has 0 unspecified atom stereocenters. The van der Waals surface area contributed by atoms with Gasteiger partial charge >= 0.3 is 6.18 Å². The van der Waals surface area contributed by atoms with Gasteiger partial charge in [-0.1, -0.05) is 6.07 Å². The fourth-order valence-corrected chi connectivity index (χ4v) is 3.79. The first-order valence-corrected chi connectivity index (χ1v) is 10.6. The number of benzene rings is 1. The molecule has 11 heteroatoms. The Morgan fingerprint density at radius 3 is 2.34 bits per heavy atom. The summed E-state index contributed by atoms with van der Waals surface area (Å²) in [6, 6.07) is 5.38.